The molecule has 118 valence electrons. The Kier molecular flexibility index (Phi) is 5.80. The van der Waals surface area contributed by atoms with Crippen molar-refractivity contribution in [2.75, 3.05) is 26.7 Å². The number of rotatable bonds is 5. The molecule has 0 spiro atoms. The predicted molar refractivity (Wildman–Crippen MR) is 88.2 cm³/mol. The second-order valence-electron chi connectivity index (χ2n) is 6.98. The number of nitrogens with zero attached hydrogens (tertiary/aromatic N) is 1. The van der Waals surface area contributed by atoms with E-state index in [-0.39, 0.29) is 0 Å². The van der Waals surface area contributed by atoms with Gasteiger partial charge in [-0.3, -0.25) is 4.90 Å². The van der Waals surface area contributed by atoms with Crippen LogP contribution in [-0.4, -0.2) is 31.6 Å². The van der Waals surface area contributed by atoms with Crippen molar-refractivity contribution >= 4 is 0 Å². The fourth-order valence-corrected chi connectivity index (χ4v) is 3.31. The average Bonchev–Trinajstić information content (AvgIpc) is 2.62. The van der Waals surface area contributed by atoms with Crippen LogP contribution in [0.4, 0.5) is 0 Å². The van der Waals surface area contributed by atoms with E-state index in [4.69, 9.17) is 10.5 Å². The minimum atomic E-state index is 0.329. The van der Waals surface area contributed by atoms with Crippen molar-refractivity contribution < 1.29 is 4.74 Å². The molecule has 3 heteroatoms. The van der Waals surface area contributed by atoms with Gasteiger partial charge in [0, 0.05) is 19.7 Å². The Balaban J connectivity index is 2.13. The lowest BCUT2D eigenvalue weighted by Gasteiger charge is -2.31. The SMILES string of the molecule is COCc1cccc(C(CN)N2CCCC(C)(C)CC2)c1. The average molecular weight is 290 g/mol. The third-order valence-corrected chi connectivity index (χ3v) is 4.69. The Morgan fingerprint density at radius 2 is 2.10 bits per heavy atom. The molecule has 0 bridgehead atoms. The number of ether oxygens (including phenoxy) is 1. The lowest BCUT2D eigenvalue weighted by molar-refractivity contribution is 0.183. The lowest BCUT2D eigenvalue weighted by atomic mass is 9.85. The summed E-state index contributed by atoms with van der Waals surface area (Å²) in [6, 6.07) is 9.01. The molecule has 1 aromatic rings. The van der Waals surface area contributed by atoms with Crippen molar-refractivity contribution in [1.82, 2.24) is 4.90 Å². The van der Waals surface area contributed by atoms with E-state index >= 15 is 0 Å². The van der Waals surface area contributed by atoms with E-state index in [1.807, 2.05) is 0 Å². The van der Waals surface area contributed by atoms with Gasteiger partial charge < -0.3 is 10.5 Å². The molecule has 0 radical (unpaired) electrons. The van der Waals surface area contributed by atoms with E-state index in [0.717, 1.165) is 13.1 Å². The molecule has 0 aliphatic carbocycles. The summed E-state index contributed by atoms with van der Waals surface area (Å²) in [5, 5.41) is 0. The lowest BCUT2D eigenvalue weighted by Crippen LogP contribution is -2.35. The number of hydrogen-bond donors (Lipinski definition) is 1. The van der Waals surface area contributed by atoms with E-state index in [1.165, 1.54) is 30.4 Å². The number of nitrogens with two attached hydrogens (primary N) is 1. The summed E-state index contributed by atoms with van der Waals surface area (Å²) >= 11 is 0. The smallest absolute Gasteiger partial charge is 0.0713 e. The predicted octanol–water partition coefficient (Wildman–Crippen LogP) is 3.34. The highest BCUT2D eigenvalue weighted by Gasteiger charge is 2.27. The van der Waals surface area contributed by atoms with Crippen molar-refractivity contribution in [3.63, 3.8) is 0 Å². The summed E-state index contributed by atoms with van der Waals surface area (Å²) < 4.78 is 5.24. The van der Waals surface area contributed by atoms with Gasteiger partial charge in [-0.2, -0.15) is 0 Å². The Morgan fingerprint density at radius 1 is 1.29 bits per heavy atom. The summed E-state index contributed by atoms with van der Waals surface area (Å²) in [7, 11) is 1.74. The third-order valence-electron chi connectivity index (χ3n) is 4.69. The van der Waals surface area contributed by atoms with Crippen LogP contribution in [-0.2, 0) is 11.3 Å². The first-order valence-corrected chi connectivity index (χ1v) is 8.07. The molecule has 1 aromatic carbocycles. The highest BCUT2D eigenvalue weighted by molar-refractivity contribution is 5.26. The summed E-state index contributed by atoms with van der Waals surface area (Å²) in [5.74, 6) is 0. The second-order valence-corrected chi connectivity index (χ2v) is 6.98. The van der Waals surface area contributed by atoms with Gasteiger partial charge in [-0.05, 0) is 48.9 Å². The van der Waals surface area contributed by atoms with E-state index in [9.17, 15) is 0 Å². The maximum atomic E-state index is 6.11. The third kappa shape index (κ3) is 4.53. The van der Waals surface area contributed by atoms with Crippen LogP contribution in [0.5, 0.6) is 0 Å². The Labute approximate surface area is 129 Å². The standard InChI is InChI=1S/C18H30N2O/c1-18(2)8-5-10-20(11-9-18)17(13-19)16-7-4-6-15(12-16)14-21-3/h4,6-7,12,17H,5,8-11,13-14,19H2,1-3H3. The van der Waals surface area contributed by atoms with Crippen LogP contribution < -0.4 is 5.73 Å². The molecule has 1 aliphatic heterocycles. The van der Waals surface area contributed by atoms with Crippen molar-refractivity contribution in [3.8, 4) is 0 Å². The molecule has 3 nitrogen and oxygen atoms in total. The summed E-state index contributed by atoms with van der Waals surface area (Å²) in [6.07, 6.45) is 3.83. The van der Waals surface area contributed by atoms with E-state index in [0.29, 0.717) is 24.6 Å². The van der Waals surface area contributed by atoms with Crippen LogP contribution >= 0.6 is 0 Å². The molecule has 0 amide bonds. The molecule has 0 saturated carbocycles. The van der Waals surface area contributed by atoms with Crippen molar-refractivity contribution in [3.05, 3.63) is 35.4 Å². The van der Waals surface area contributed by atoms with Gasteiger partial charge in [0.05, 0.1) is 6.61 Å². The van der Waals surface area contributed by atoms with E-state index in [2.05, 4.69) is 43.0 Å². The zero-order chi connectivity index (χ0) is 15.3. The van der Waals surface area contributed by atoms with Crippen LogP contribution in [0.3, 0.4) is 0 Å². The molecule has 1 fully saturated rings. The van der Waals surface area contributed by atoms with Gasteiger partial charge in [0.15, 0.2) is 0 Å². The zero-order valence-electron chi connectivity index (χ0n) is 13.8. The number of likely N-dealkylation sites (tertiary alicyclic amines) is 1. The van der Waals surface area contributed by atoms with Gasteiger partial charge in [0.2, 0.25) is 0 Å². The topological polar surface area (TPSA) is 38.5 Å². The van der Waals surface area contributed by atoms with E-state index < -0.39 is 0 Å². The van der Waals surface area contributed by atoms with Crippen molar-refractivity contribution in [2.24, 2.45) is 11.1 Å². The van der Waals surface area contributed by atoms with Gasteiger partial charge >= 0.3 is 0 Å². The molecule has 2 N–H and O–H groups in total. The fourth-order valence-electron chi connectivity index (χ4n) is 3.31. The van der Waals surface area contributed by atoms with Crippen LogP contribution in [0.2, 0.25) is 0 Å². The minimum absolute atomic E-state index is 0.329. The normalized spacial score (nSPS) is 21.0. The number of hydrogen-bond acceptors (Lipinski definition) is 3. The van der Waals surface area contributed by atoms with E-state index in [1.54, 1.807) is 7.11 Å². The Morgan fingerprint density at radius 3 is 2.81 bits per heavy atom. The van der Waals surface area contributed by atoms with Gasteiger partial charge in [-0.1, -0.05) is 38.1 Å². The van der Waals surface area contributed by atoms with Gasteiger partial charge in [0.25, 0.3) is 0 Å². The van der Waals surface area contributed by atoms with Crippen LogP contribution in [0.1, 0.15) is 50.3 Å². The molecular formula is C18H30N2O. The maximum Gasteiger partial charge on any atom is 0.0713 e. The molecule has 1 unspecified atom stereocenters. The van der Waals surface area contributed by atoms with Crippen LogP contribution in [0, 0.1) is 5.41 Å². The highest BCUT2D eigenvalue weighted by Crippen LogP contribution is 2.33. The summed E-state index contributed by atoms with van der Waals surface area (Å²) in [6.45, 7) is 8.40. The molecule has 1 heterocycles. The number of methoxy groups -OCH3 is 1. The maximum absolute atomic E-state index is 6.11. The Hall–Kier alpha value is -0.900. The van der Waals surface area contributed by atoms with Crippen molar-refractivity contribution in [2.45, 2.75) is 45.8 Å². The molecule has 2 rings (SSSR count). The molecular weight excluding hydrogens is 260 g/mol. The van der Waals surface area contributed by atoms with Crippen LogP contribution in [0.15, 0.2) is 24.3 Å². The zero-order valence-corrected chi connectivity index (χ0v) is 13.8. The van der Waals surface area contributed by atoms with Gasteiger partial charge in [0.1, 0.15) is 0 Å². The largest absolute Gasteiger partial charge is 0.380 e. The molecule has 1 atom stereocenters. The minimum Gasteiger partial charge on any atom is -0.380 e. The highest BCUT2D eigenvalue weighted by atomic mass is 16.5. The molecule has 0 aromatic heterocycles. The quantitative estimate of drug-likeness (QED) is 0.904. The molecule has 21 heavy (non-hydrogen) atoms. The fraction of sp³-hybridized carbons (Fsp3) is 0.667. The summed E-state index contributed by atoms with van der Waals surface area (Å²) in [4.78, 5) is 2.57. The van der Waals surface area contributed by atoms with Crippen molar-refractivity contribution in [1.29, 1.82) is 0 Å². The first-order chi connectivity index (χ1) is 10.1. The summed E-state index contributed by atoms with van der Waals surface area (Å²) in [5.41, 5.74) is 9.12. The number of benzene rings is 1. The molecule has 1 aliphatic rings. The molecule has 1 saturated heterocycles. The van der Waals surface area contributed by atoms with Gasteiger partial charge in [-0.15, -0.1) is 0 Å². The first-order valence-electron chi connectivity index (χ1n) is 8.07. The monoisotopic (exact) mass is 290 g/mol. The second kappa shape index (κ2) is 7.39. The first kappa shape index (κ1) is 16.5. The van der Waals surface area contributed by atoms with Gasteiger partial charge in [-0.25, -0.2) is 0 Å². The Bertz CT molecular complexity index is 445. The van der Waals surface area contributed by atoms with Crippen LogP contribution in [0.25, 0.3) is 0 Å².